The highest BCUT2D eigenvalue weighted by Gasteiger charge is 2.25. The topological polar surface area (TPSA) is 77.8 Å². The van der Waals surface area contributed by atoms with Gasteiger partial charge in [0.2, 0.25) is 0 Å². The first-order chi connectivity index (χ1) is 4.63. The summed E-state index contributed by atoms with van der Waals surface area (Å²) in [7, 11) is 0. The minimum atomic E-state index is -2.11. The highest BCUT2D eigenvalue weighted by Crippen LogP contribution is 2.02. The normalized spacial score (nSPS) is 19.6. The lowest BCUT2D eigenvalue weighted by atomic mass is 10.1. The summed E-state index contributed by atoms with van der Waals surface area (Å²) in [6, 6.07) is 0. The summed E-state index contributed by atoms with van der Waals surface area (Å²) in [4.78, 5) is 9.68. The predicted octanol–water partition coefficient (Wildman–Crippen LogP) is -1.76. The number of hydrogen-bond acceptors (Lipinski definition) is 4. The fourth-order valence-electron chi connectivity index (χ4n) is 0.403. The van der Waals surface area contributed by atoms with Gasteiger partial charge in [-0.25, -0.2) is 4.39 Å². The smallest absolute Gasteiger partial charge is 0.161 e. The van der Waals surface area contributed by atoms with Crippen molar-refractivity contribution >= 4 is 6.29 Å². The Morgan fingerprint density at radius 3 is 2.30 bits per heavy atom. The van der Waals surface area contributed by atoms with E-state index in [1.165, 1.54) is 0 Å². The minimum absolute atomic E-state index is 0.0381. The molecule has 0 saturated carbocycles. The summed E-state index contributed by atoms with van der Waals surface area (Å²) in [5.74, 6) is 0. The summed E-state index contributed by atoms with van der Waals surface area (Å²) < 4.78 is 12.3. The summed E-state index contributed by atoms with van der Waals surface area (Å²) in [5.41, 5.74) is 0. The maximum atomic E-state index is 12.3. The molecule has 0 saturated heterocycles. The van der Waals surface area contributed by atoms with Crippen LogP contribution in [0.15, 0.2) is 0 Å². The number of alkyl halides is 1. The van der Waals surface area contributed by atoms with Crippen LogP contribution in [0.25, 0.3) is 0 Å². The lowest BCUT2D eigenvalue weighted by Crippen LogP contribution is -2.36. The molecule has 0 aromatic carbocycles. The van der Waals surface area contributed by atoms with Crippen LogP contribution in [0.4, 0.5) is 4.39 Å². The van der Waals surface area contributed by atoms with Gasteiger partial charge in [-0.3, -0.25) is 0 Å². The first-order valence-electron chi connectivity index (χ1n) is 2.69. The second-order valence-electron chi connectivity index (χ2n) is 1.82. The molecule has 0 spiro atoms. The van der Waals surface area contributed by atoms with E-state index in [-0.39, 0.29) is 6.29 Å². The summed E-state index contributed by atoms with van der Waals surface area (Å²) in [6.45, 7) is -0.813. The van der Waals surface area contributed by atoms with E-state index in [4.69, 9.17) is 15.3 Å². The van der Waals surface area contributed by atoms with Crippen LogP contribution < -0.4 is 0 Å². The molecular weight excluding hydrogens is 143 g/mol. The van der Waals surface area contributed by atoms with Crippen molar-refractivity contribution in [3.63, 3.8) is 0 Å². The maximum absolute atomic E-state index is 12.3. The number of hydrogen-bond donors (Lipinski definition) is 3. The number of halogens is 1. The molecule has 0 aliphatic carbocycles. The molecule has 0 aromatic heterocycles. The molecule has 0 heterocycles. The molecule has 3 unspecified atom stereocenters. The van der Waals surface area contributed by atoms with Crippen LogP contribution in [0.3, 0.4) is 0 Å². The van der Waals surface area contributed by atoms with Crippen molar-refractivity contribution in [2.75, 3.05) is 6.61 Å². The highest BCUT2D eigenvalue weighted by atomic mass is 19.1. The largest absolute Gasteiger partial charge is 0.394 e. The number of rotatable bonds is 4. The number of aldehydes is 1. The van der Waals surface area contributed by atoms with E-state index in [2.05, 4.69) is 0 Å². The van der Waals surface area contributed by atoms with E-state index >= 15 is 0 Å². The van der Waals surface area contributed by atoms with Gasteiger partial charge >= 0.3 is 0 Å². The van der Waals surface area contributed by atoms with Gasteiger partial charge in [-0.15, -0.1) is 0 Å². The van der Waals surface area contributed by atoms with Crippen LogP contribution in [0.1, 0.15) is 0 Å². The van der Waals surface area contributed by atoms with Crippen molar-refractivity contribution in [3.8, 4) is 0 Å². The zero-order valence-corrected chi connectivity index (χ0v) is 5.14. The van der Waals surface area contributed by atoms with E-state index in [0.29, 0.717) is 0 Å². The molecule has 0 radical (unpaired) electrons. The van der Waals surface area contributed by atoms with Crippen molar-refractivity contribution in [2.45, 2.75) is 18.4 Å². The van der Waals surface area contributed by atoms with Crippen molar-refractivity contribution in [2.24, 2.45) is 0 Å². The fraction of sp³-hybridized carbons (Fsp3) is 0.800. The first-order valence-corrected chi connectivity index (χ1v) is 2.69. The van der Waals surface area contributed by atoms with Gasteiger partial charge < -0.3 is 20.1 Å². The van der Waals surface area contributed by atoms with E-state index in [9.17, 15) is 9.18 Å². The predicted molar refractivity (Wildman–Crippen MR) is 30.1 cm³/mol. The molecule has 5 heteroatoms. The Kier molecular flexibility index (Phi) is 4.10. The van der Waals surface area contributed by atoms with Gasteiger partial charge in [-0.05, 0) is 0 Å². The third kappa shape index (κ3) is 2.38. The molecule has 0 amide bonds. The van der Waals surface area contributed by atoms with Crippen LogP contribution >= 0.6 is 0 Å². The Labute approximate surface area is 56.9 Å². The quantitative estimate of drug-likeness (QED) is 0.417. The van der Waals surface area contributed by atoms with Crippen molar-refractivity contribution < 1.29 is 24.5 Å². The minimum Gasteiger partial charge on any atom is -0.394 e. The number of aliphatic hydroxyl groups is 3. The van der Waals surface area contributed by atoms with Gasteiger partial charge in [-0.2, -0.15) is 0 Å². The van der Waals surface area contributed by atoms with Gasteiger partial charge in [0.1, 0.15) is 12.2 Å². The number of carbonyl (C=O) groups excluding carboxylic acids is 1. The fourth-order valence-corrected chi connectivity index (χ4v) is 0.403. The molecule has 60 valence electrons. The van der Waals surface area contributed by atoms with E-state index < -0.39 is 25.0 Å². The van der Waals surface area contributed by atoms with E-state index in [1.807, 2.05) is 0 Å². The van der Waals surface area contributed by atoms with E-state index in [0.717, 1.165) is 0 Å². The average Bonchev–Trinajstić information content (AvgIpc) is 2.00. The Hall–Kier alpha value is -0.520. The van der Waals surface area contributed by atoms with Crippen LogP contribution in [-0.2, 0) is 4.79 Å². The number of aliphatic hydroxyl groups excluding tert-OH is 3. The standard InChI is InChI=1S/C5H9FO4/c6-5(3(9)1-7)4(10)2-8/h1,3-5,8-10H,2H2. The lowest BCUT2D eigenvalue weighted by molar-refractivity contribution is -0.121. The third-order valence-corrected chi connectivity index (χ3v) is 1.02. The molecule has 0 aliphatic rings. The zero-order chi connectivity index (χ0) is 8.15. The Morgan fingerprint density at radius 1 is 1.50 bits per heavy atom. The molecule has 0 fully saturated rings. The molecule has 4 nitrogen and oxygen atoms in total. The molecule has 0 rings (SSSR count). The van der Waals surface area contributed by atoms with Crippen LogP contribution in [0, 0.1) is 0 Å². The monoisotopic (exact) mass is 152 g/mol. The van der Waals surface area contributed by atoms with Crippen molar-refractivity contribution in [1.82, 2.24) is 0 Å². The number of carbonyl (C=O) groups is 1. The third-order valence-electron chi connectivity index (χ3n) is 1.02. The van der Waals surface area contributed by atoms with Crippen LogP contribution in [0.2, 0.25) is 0 Å². The van der Waals surface area contributed by atoms with Gasteiger partial charge in [0.25, 0.3) is 0 Å². The maximum Gasteiger partial charge on any atom is 0.161 e. The Morgan fingerprint density at radius 2 is 2.00 bits per heavy atom. The van der Waals surface area contributed by atoms with Gasteiger partial charge in [-0.1, -0.05) is 0 Å². The Bertz CT molecular complexity index is 108. The van der Waals surface area contributed by atoms with Gasteiger partial charge in [0.05, 0.1) is 6.61 Å². The highest BCUT2D eigenvalue weighted by molar-refractivity contribution is 5.56. The molecular formula is C5H9FO4. The summed E-state index contributed by atoms with van der Waals surface area (Å²) in [5, 5.41) is 25.0. The van der Waals surface area contributed by atoms with Gasteiger partial charge in [0.15, 0.2) is 12.5 Å². The summed E-state index contributed by atoms with van der Waals surface area (Å²) >= 11 is 0. The van der Waals surface area contributed by atoms with Crippen molar-refractivity contribution in [3.05, 3.63) is 0 Å². The average molecular weight is 152 g/mol. The first kappa shape index (κ1) is 9.48. The molecule has 0 bridgehead atoms. The van der Waals surface area contributed by atoms with Crippen LogP contribution in [0.5, 0.6) is 0 Å². The van der Waals surface area contributed by atoms with E-state index in [1.54, 1.807) is 0 Å². The van der Waals surface area contributed by atoms with Crippen molar-refractivity contribution in [1.29, 1.82) is 0 Å². The van der Waals surface area contributed by atoms with Gasteiger partial charge in [0, 0.05) is 0 Å². The summed E-state index contributed by atoms with van der Waals surface area (Å²) in [6.07, 6.45) is -5.70. The zero-order valence-electron chi connectivity index (χ0n) is 5.14. The molecule has 0 aromatic rings. The molecule has 3 N–H and O–H groups in total. The molecule has 0 aliphatic heterocycles. The Balaban J connectivity index is 3.80. The molecule has 10 heavy (non-hydrogen) atoms. The lowest BCUT2D eigenvalue weighted by Gasteiger charge is -2.13. The second-order valence-corrected chi connectivity index (χ2v) is 1.82. The SMILES string of the molecule is O=CC(O)C(F)C(O)CO. The second kappa shape index (κ2) is 4.32. The molecule has 3 atom stereocenters. The van der Waals surface area contributed by atoms with Crippen LogP contribution in [-0.4, -0.2) is 46.6 Å².